The number of rotatable bonds is 4. The Morgan fingerprint density at radius 2 is 1.77 bits per heavy atom. The van der Waals surface area contributed by atoms with Gasteiger partial charge >= 0.3 is 0 Å². The molecule has 0 unspecified atom stereocenters. The summed E-state index contributed by atoms with van der Waals surface area (Å²) < 4.78 is 18.3. The number of aromatic nitrogens is 2. The summed E-state index contributed by atoms with van der Waals surface area (Å²) in [6.07, 6.45) is 0. The van der Waals surface area contributed by atoms with Crippen LogP contribution in [0.25, 0.3) is 11.3 Å². The molecule has 1 aromatic heterocycles. The second-order valence-electron chi connectivity index (χ2n) is 7.61. The summed E-state index contributed by atoms with van der Waals surface area (Å²) in [6.45, 7) is 5.76. The lowest BCUT2D eigenvalue weighted by Gasteiger charge is -2.17. The fourth-order valence-corrected chi connectivity index (χ4v) is 2.63. The molecule has 7 nitrogen and oxygen atoms in total. The van der Waals surface area contributed by atoms with E-state index in [0.717, 1.165) is 5.56 Å². The zero-order valence-electron chi connectivity index (χ0n) is 17.3. The molecule has 1 heterocycles. The maximum absolute atomic E-state index is 13.1. The van der Waals surface area contributed by atoms with Gasteiger partial charge in [-0.25, -0.2) is 9.38 Å². The Bertz CT molecular complexity index is 1030. The number of carbonyl (C=O) groups excluding carboxylic acids is 1. The van der Waals surface area contributed by atoms with E-state index in [9.17, 15) is 9.18 Å². The zero-order valence-corrected chi connectivity index (χ0v) is 17.3. The van der Waals surface area contributed by atoms with Crippen LogP contribution in [0, 0.1) is 5.82 Å². The maximum atomic E-state index is 13.1. The minimum Gasteiger partial charge on any atom is -0.497 e. The summed E-state index contributed by atoms with van der Waals surface area (Å²) in [5.74, 6) is 0.769. The van der Waals surface area contributed by atoms with Crippen LogP contribution >= 0.6 is 0 Å². The molecule has 3 rings (SSSR count). The third-order valence-electron chi connectivity index (χ3n) is 4.01. The van der Waals surface area contributed by atoms with Gasteiger partial charge in [-0.05, 0) is 74.9 Å². The Morgan fingerprint density at radius 1 is 1.10 bits per heavy atom. The highest BCUT2D eigenvalue weighted by atomic mass is 19.1. The highest BCUT2D eigenvalue weighted by Crippen LogP contribution is 2.20. The third kappa shape index (κ3) is 5.66. The van der Waals surface area contributed by atoms with Crippen LogP contribution < -0.4 is 15.4 Å². The van der Waals surface area contributed by atoms with Crippen molar-refractivity contribution in [2.75, 3.05) is 12.4 Å². The summed E-state index contributed by atoms with van der Waals surface area (Å²) >= 11 is 0. The van der Waals surface area contributed by atoms with Crippen molar-refractivity contribution in [1.82, 2.24) is 15.5 Å². The van der Waals surface area contributed by atoms with E-state index >= 15 is 0 Å². The van der Waals surface area contributed by atoms with Crippen molar-refractivity contribution in [3.8, 4) is 17.0 Å². The van der Waals surface area contributed by atoms with E-state index in [-0.39, 0.29) is 17.7 Å². The summed E-state index contributed by atoms with van der Waals surface area (Å²) in [7, 11) is 1.57. The van der Waals surface area contributed by atoms with Gasteiger partial charge in [0.25, 0.3) is 5.91 Å². The van der Waals surface area contributed by atoms with Crippen LogP contribution in [0.5, 0.6) is 5.75 Å². The number of ether oxygens (including phenoxy) is 1. The molecule has 156 valence electrons. The Labute approximate surface area is 174 Å². The molecule has 0 aliphatic carbocycles. The van der Waals surface area contributed by atoms with Crippen LogP contribution in [0.4, 0.5) is 10.2 Å². The van der Waals surface area contributed by atoms with Crippen LogP contribution in [-0.2, 0) is 0 Å². The number of methoxy groups -OCH3 is 1. The van der Waals surface area contributed by atoms with E-state index in [0.29, 0.717) is 22.8 Å². The number of guanidine groups is 1. The number of nitrogens with zero attached hydrogens (tertiary/aromatic N) is 2. The van der Waals surface area contributed by atoms with Gasteiger partial charge in [-0.15, -0.1) is 0 Å². The Morgan fingerprint density at radius 3 is 2.37 bits per heavy atom. The number of anilines is 1. The van der Waals surface area contributed by atoms with Gasteiger partial charge in [-0.2, -0.15) is 5.10 Å². The van der Waals surface area contributed by atoms with Crippen LogP contribution in [0.2, 0.25) is 0 Å². The lowest BCUT2D eigenvalue weighted by molar-refractivity contribution is 0.0976. The van der Waals surface area contributed by atoms with Gasteiger partial charge in [-0.1, -0.05) is 0 Å². The first kappa shape index (κ1) is 21.0. The van der Waals surface area contributed by atoms with E-state index in [1.807, 2.05) is 20.8 Å². The van der Waals surface area contributed by atoms with Crippen LogP contribution in [0.3, 0.4) is 0 Å². The molecule has 0 aliphatic heterocycles. The predicted octanol–water partition coefficient (Wildman–Crippen LogP) is 4.22. The average molecular weight is 409 g/mol. The van der Waals surface area contributed by atoms with Crippen LogP contribution in [-0.4, -0.2) is 34.7 Å². The number of aromatic amines is 1. The van der Waals surface area contributed by atoms with Gasteiger partial charge in [0.1, 0.15) is 11.6 Å². The number of hydrogen-bond donors (Lipinski definition) is 3. The molecule has 30 heavy (non-hydrogen) atoms. The van der Waals surface area contributed by atoms with Crippen molar-refractivity contribution in [3.05, 3.63) is 66.0 Å². The van der Waals surface area contributed by atoms with Gasteiger partial charge in [0.15, 0.2) is 5.82 Å². The topological polar surface area (TPSA) is 91.4 Å². The van der Waals surface area contributed by atoms with Gasteiger partial charge in [0.2, 0.25) is 5.96 Å². The number of benzene rings is 2. The van der Waals surface area contributed by atoms with Gasteiger partial charge in [0, 0.05) is 11.6 Å². The zero-order chi connectivity index (χ0) is 21.7. The average Bonchev–Trinajstić information content (AvgIpc) is 3.15. The molecule has 0 saturated carbocycles. The molecule has 0 spiro atoms. The number of nitrogens with one attached hydrogen (secondary N) is 3. The smallest absolute Gasteiger partial charge is 0.257 e. The molecule has 1 amide bonds. The molecule has 0 bridgehead atoms. The van der Waals surface area contributed by atoms with E-state index in [2.05, 4.69) is 25.8 Å². The number of aliphatic imine (C=N–C) groups is 1. The number of halogens is 1. The molecule has 0 radical (unpaired) electrons. The molecular formula is C22H24FN5O2. The largest absolute Gasteiger partial charge is 0.497 e. The fourth-order valence-electron chi connectivity index (χ4n) is 2.63. The maximum Gasteiger partial charge on any atom is 0.257 e. The first-order valence-corrected chi connectivity index (χ1v) is 9.37. The van der Waals surface area contributed by atoms with E-state index in [4.69, 9.17) is 4.74 Å². The van der Waals surface area contributed by atoms with E-state index in [1.165, 1.54) is 12.1 Å². The lowest BCUT2D eigenvalue weighted by atomic mass is 10.1. The number of H-pyrrole nitrogens is 1. The monoisotopic (exact) mass is 409 g/mol. The summed E-state index contributed by atoms with van der Waals surface area (Å²) in [6, 6.07) is 14.6. The number of amides is 1. The van der Waals surface area contributed by atoms with Crippen molar-refractivity contribution in [3.63, 3.8) is 0 Å². The second-order valence-corrected chi connectivity index (χ2v) is 7.61. The lowest BCUT2D eigenvalue weighted by Crippen LogP contribution is -2.38. The summed E-state index contributed by atoms with van der Waals surface area (Å²) in [5, 5.41) is 12.9. The highest BCUT2D eigenvalue weighted by Gasteiger charge is 2.15. The van der Waals surface area contributed by atoms with Crippen molar-refractivity contribution in [2.24, 2.45) is 4.99 Å². The number of hydrogen-bond acceptors (Lipinski definition) is 4. The molecule has 2 aromatic carbocycles. The fraction of sp³-hybridized carbons (Fsp3) is 0.227. The van der Waals surface area contributed by atoms with E-state index < -0.39 is 5.54 Å². The molecule has 8 heteroatoms. The summed E-state index contributed by atoms with van der Waals surface area (Å²) in [5.41, 5.74) is 1.52. The van der Waals surface area contributed by atoms with Crippen molar-refractivity contribution < 1.29 is 13.9 Å². The molecule has 0 atom stereocenters. The SMILES string of the molecule is COc1ccc(C(=O)NC(=NC(C)(C)C)Nc2cc(-c3ccc(F)cc3)[nH]n2)cc1. The Kier molecular flexibility index (Phi) is 6.15. The molecule has 0 fully saturated rings. The minimum atomic E-state index is -0.439. The standard InChI is InChI=1S/C22H24FN5O2/c1-22(2,3)26-21(25-20(29)15-7-11-17(30-4)12-8-15)24-19-13-18(27-28-19)14-5-9-16(23)10-6-14/h5-13H,1-4H3,(H3,24,25,26,27,28,29). The quantitative estimate of drug-likeness (QED) is 0.444. The number of carbonyl (C=O) groups is 1. The van der Waals surface area contributed by atoms with Gasteiger partial charge < -0.3 is 10.1 Å². The highest BCUT2D eigenvalue weighted by molar-refractivity contribution is 6.09. The van der Waals surface area contributed by atoms with Crippen molar-refractivity contribution in [2.45, 2.75) is 26.3 Å². The molecule has 3 aromatic rings. The minimum absolute atomic E-state index is 0.264. The van der Waals surface area contributed by atoms with Crippen LogP contribution in [0.1, 0.15) is 31.1 Å². The predicted molar refractivity (Wildman–Crippen MR) is 115 cm³/mol. The summed E-state index contributed by atoms with van der Waals surface area (Å²) in [4.78, 5) is 17.2. The van der Waals surface area contributed by atoms with Crippen LogP contribution in [0.15, 0.2) is 59.6 Å². The van der Waals surface area contributed by atoms with Crippen molar-refractivity contribution >= 4 is 17.7 Å². The third-order valence-corrected chi connectivity index (χ3v) is 4.01. The molecule has 0 saturated heterocycles. The first-order valence-electron chi connectivity index (χ1n) is 9.37. The Hall–Kier alpha value is -3.68. The van der Waals surface area contributed by atoms with Gasteiger partial charge in [0.05, 0.1) is 18.3 Å². The Balaban J connectivity index is 1.78. The normalized spacial score (nSPS) is 11.8. The molecule has 3 N–H and O–H groups in total. The van der Waals surface area contributed by atoms with Gasteiger partial charge in [-0.3, -0.25) is 15.2 Å². The molecule has 0 aliphatic rings. The van der Waals surface area contributed by atoms with Crippen molar-refractivity contribution in [1.29, 1.82) is 0 Å². The van der Waals surface area contributed by atoms with E-state index in [1.54, 1.807) is 49.6 Å². The second kappa shape index (κ2) is 8.77. The molecular weight excluding hydrogens is 385 g/mol. The first-order chi connectivity index (χ1) is 14.2.